The van der Waals surface area contributed by atoms with Crippen LogP contribution in [0.15, 0.2) is 118 Å². The summed E-state index contributed by atoms with van der Waals surface area (Å²) in [6, 6.07) is 25.4. The highest BCUT2D eigenvalue weighted by molar-refractivity contribution is 8.03. The lowest BCUT2D eigenvalue weighted by atomic mass is 9.80. The van der Waals surface area contributed by atoms with Crippen molar-refractivity contribution in [3.05, 3.63) is 135 Å². The molecule has 0 radical (unpaired) electrons. The quantitative estimate of drug-likeness (QED) is 0.179. The Hall–Kier alpha value is -3.56. The molecule has 8 rings (SSSR count). The SMILES string of the molecule is Cc1ccc2c(c1)C(C)(C)C(=C/C=C1\CCC(/C=C/C3=[N+](CCC4CCCCC4)c4ccc(C)cc4C3(C)C)=C1Sc1ccccc1)N2CCC1CCCCC1. The lowest BCUT2D eigenvalue weighted by Gasteiger charge is -2.29. The van der Waals surface area contributed by atoms with Gasteiger partial charge in [-0.25, -0.2) is 0 Å². The fourth-order valence-electron chi connectivity index (χ4n) is 10.8. The maximum atomic E-state index is 2.70. The largest absolute Gasteiger partial charge is 0.344 e. The van der Waals surface area contributed by atoms with Crippen LogP contribution in [0.4, 0.5) is 11.4 Å². The van der Waals surface area contributed by atoms with Crippen molar-refractivity contribution in [2.75, 3.05) is 18.0 Å². The first-order valence-electron chi connectivity index (χ1n) is 22.3. The molecule has 3 heteroatoms. The van der Waals surface area contributed by atoms with Gasteiger partial charge >= 0.3 is 0 Å². The molecule has 2 saturated carbocycles. The number of anilines is 1. The molecule has 2 nitrogen and oxygen atoms in total. The summed E-state index contributed by atoms with van der Waals surface area (Å²) in [4.78, 5) is 5.46. The van der Waals surface area contributed by atoms with Crippen molar-refractivity contribution < 1.29 is 4.58 Å². The molecule has 3 aliphatic carbocycles. The average molecular weight is 764 g/mol. The summed E-state index contributed by atoms with van der Waals surface area (Å²) in [5.41, 5.74) is 14.3. The van der Waals surface area contributed by atoms with Gasteiger partial charge < -0.3 is 4.90 Å². The van der Waals surface area contributed by atoms with Crippen LogP contribution in [0.2, 0.25) is 0 Å². The highest BCUT2D eigenvalue weighted by atomic mass is 32.2. The molecule has 0 saturated heterocycles. The number of nitrogens with zero attached hydrogens (tertiary/aromatic N) is 2. The number of hydrogen-bond donors (Lipinski definition) is 0. The second kappa shape index (κ2) is 16.7. The molecule has 0 amide bonds. The van der Waals surface area contributed by atoms with Crippen molar-refractivity contribution in [3.8, 4) is 0 Å². The third kappa shape index (κ3) is 8.09. The van der Waals surface area contributed by atoms with Crippen molar-refractivity contribution >= 4 is 28.8 Å². The van der Waals surface area contributed by atoms with E-state index in [9.17, 15) is 0 Å². The number of rotatable bonds is 11. The molecule has 0 spiro atoms. The summed E-state index contributed by atoms with van der Waals surface area (Å²) in [5, 5.41) is 0. The van der Waals surface area contributed by atoms with Crippen LogP contribution in [0, 0.1) is 25.7 Å². The van der Waals surface area contributed by atoms with Crippen LogP contribution < -0.4 is 4.90 Å². The van der Waals surface area contributed by atoms with Gasteiger partial charge in [0.2, 0.25) is 5.69 Å². The zero-order valence-corrected chi connectivity index (χ0v) is 36.2. The number of hydrogen-bond acceptors (Lipinski definition) is 2. The fourth-order valence-corrected chi connectivity index (χ4v) is 11.9. The maximum absolute atomic E-state index is 2.70. The Labute approximate surface area is 344 Å². The zero-order valence-electron chi connectivity index (χ0n) is 35.4. The Bertz CT molecular complexity index is 2060. The van der Waals surface area contributed by atoms with Crippen molar-refractivity contribution in [2.24, 2.45) is 11.8 Å². The van der Waals surface area contributed by atoms with Crippen LogP contribution in [0.1, 0.15) is 140 Å². The average Bonchev–Trinajstić information content (AvgIpc) is 3.75. The van der Waals surface area contributed by atoms with E-state index in [0.29, 0.717) is 0 Å². The van der Waals surface area contributed by atoms with Crippen LogP contribution in [0.5, 0.6) is 0 Å². The molecule has 2 heterocycles. The van der Waals surface area contributed by atoms with Gasteiger partial charge in [-0.15, -0.1) is 0 Å². The minimum atomic E-state index is -0.0398. The van der Waals surface area contributed by atoms with E-state index in [1.54, 1.807) is 0 Å². The number of aryl methyl sites for hydroxylation is 2. The van der Waals surface area contributed by atoms with E-state index in [-0.39, 0.29) is 10.8 Å². The summed E-state index contributed by atoms with van der Waals surface area (Å²) in [6.07, 6.45) is 28.9. The normalized spacial score (nSPS) is 22.6. The minimum absolute atomic E-state index is 0.0398. The van der Waals surface area contributed by atoms with Crippen LogP contribution >= 0.6 is 11.8 Å². The molecule has 294 valence electrons. The smallest absolute Gasteiger partial charge is 0.209 e. The molecule has 0 N–H and O–H groups in total. The predicted molar refractivity (Wildman–Crippen MR) is 242 cm³/mol. The van der Waals surface area contributed by atoms with E-state index in [0.717, 1.165) is 37.8 Å². The van der Waals surface area contributed by atoms with E-state index in [2.05, 4.69) is 142 Å². The summed E-state index contributed by atoms with van der Waals surface area (Å²) >= 11 is 1.96. The maximum Gasteiger partial charge on any atom is 0.209 e. The van der Waals surface area contributed by atoms with Crippen LogP contribution in [-0.2, 0) is 10.8 Å². The van der Waals surface area contributed by atoms with Crippen LogP contribution in [0.3, 0.4) is 0 Å². The Morgan fingerprint density at radius 1 is 0.696 bits per heavy atom. The van der Waals surface area contributed by atoms with Crippen molar-refractivity contribution in [2.45, 2.75) is 147 Å². The van der Waals surface area contributed by atoms with Gasteiger partial charge in [0, 0.05) is 57.3 Å². The molecular weight excluding hydrogens is 697 g/mol. The van der Waals surface area contributed by atoms with Gasteiger partial charge in [0.1, 0.15) is 6.54 Å². The highest BCUT2D eigenvalue weighted by Crippen LogP contribution is 2.50. The molecule has 0 bridgehead atoms. The topological polar surface area (TPSA) is 6.25 Å². The second-order valence-electron chi connectivity index (χ2n) is 18.9. The van der Waals surface area contributed by atoms with Gasteiger partial charge in [0.25, 0.3) is 0 Å². The Kier molecular flexibility index (Phi) is 11.7. The summed E-state index contributed by atoms with van der Waals surface area (Å²) < 4.78 is 2.70. The molecule has 0 aromatic heterocycles. The van der Waals surface area contributed by atoms with E-state index < -0.39 is 0 Å². The summed E-state index contributed by atoms with van der Waals surface area (Å²) in [7, 11) is 0. The Morgan fingerprint density at radius 2 is 1.36 bits per heavy atom. The van der Waals surface area contributed by atoms with Gasteiger partial charge in [0.15, 0.2) is 5.71 Å². The third-order valence-corrected chi connectivity index (χ3v) is 15.4. The molecule has 2 aliphatic heterocycles. The Morgan fingerprint density at radius 3 is 2.07 bits per heavy atom. The summed E-state index contributed by atoms with van der Waals surface area (Å²) in [6.45, 7) is 16.5. The number of benzene rings is 3. The van der Waals surface area contributed by atoms with Gasteiger partial charge in [-0.2, -0.15) is 4.58 Å². The lowest BCUT2D eigenvalue weighted by Crippen LogP contribution is -2.28. The predicted octanol–water partition coefficient (Wildman–Crippen LogP) is 14.6. The van der Waals surface area contributed by atoms with Crippen LogP contribution in [0.25, 0.3) is 0 Å². The van der Waals surface area contributed by atoms with Crippen LogP contribution in [-0.4, -0.2) is 23.4 Å². The monoisotopic (exact) mass is 764 g/mol. The zero-order chi connectivity index (χ0) is 38.9. The first-order valence-corrected chi connectivity index (χ1v) is 23.1. The molecule has 2 fully saturated rings. The number of allylic oxidation sites excluding steroid dienone is 7. The molecule has 56 heavy (non-hydrogen) atoms. The van der Waals surface area contributed by atoms with E-state index in [1.165, 1.54) is 143 Å². The minimum Gasteiger partial charge on any atom is -0.344 e. The van der Waals surface area contributed by atoms with Gasteiger partial charge in [-0.3, -0.25) is 0 Å². The number of thioether (sulfide) groups is 1. The molecule has 0 unspecified atom stereocenters. The van der Waals surface area contributed by atoms with Crippen molar-refractivity contribution in [1.82, 2.24) is 0 Å². The van der Waals surface area contributed by atoms with Crippen molar-refractivity contribution in [1.29, 1.82) is 0 Å². The molecular formula is C53H67N2S+. The lowest BCUT2D eigenvalue weighted by molar-refractivity contribution is -0.439. The summed E-state index contributed by atoms with van der Waals surface area (Å²) in [5.74, 6) is 1.73. The van der Waals surface area contributed by atoms with E-state index in [1.807, 2.05) is 11.8 Å². The molecule has 3 aromatic rings. The first-order chi connectivity index (χ1) is 27.1. The third-order valence-electron chi connectivity index (χ3n) is 14.2. The van der Waals surface area contributed by atoms with Gasteiger partial charge in [0.05, 0.1) is 5.41 Å². The molecule has 5 aliphatic rings. The standard InChI is InChI=1S/C53H67N2S/c1-38-22-28-47-45(36-38)52(3,4)49(54(47)34-32-40-16-10-7-11-17-40)30-26-42-24-25-43(51(42)56-44-20-14-9-15-21-44)27-31-50-53(5,6)46-37-39(2)23-29-48(46)55(50)35-33-41-18-12-8-13-19-41/h9,14-15,20-23,26-31,36-37,40-41H,7-8,10-13,16-19,24-25,32-35H2,1-6H3/q+1. The van der Waals surface area contributed by atoms with E-state index in [4.69, 9.17) is 0 Å². The van der Waals surface area contributed by atoms with Gasteiger partial charge in [-0.05, 0) is 106 Å². The highest BCUT2D eigenvalue weighted by Gasteiger charge is 2.45. The Balaban J connectivity index is 1.15. The first kappa shape index (κ1) is 39.3. The second-order valence-corrected chi connectivity index (χ2v) is 20.0. The molecule has 3 aromatic carbocycles. The van der Waals surface area contributed by atoms with Gasteiger partial charge in [-0.1, -0.05) is 149 Å². The van der Waals surface area contributed by atoms with Crippen molar-refractivity contribution in [3.63, 3.8) is 0 Å². The molecule has 0 atom stereocenters. The van der Waals surface area contributed by atoms with E-state index >= 15 is 0 Å². The fraction of sp³-hybridized carbons (Fsp3) is 0.491. The number of fused-ring (bicyclic) bond motifs is 2.